The van der Waals surface area contributed by atoms with Crippen molar-refractivity contribution >= 4 is 0 Å². The minimum atomic E-state index is -0.739. The van der Waals surface area contributed by atoms with Gasteiger partial charge in [-0.25, -0.2) is 0 Å². The summed E-state index contributed by atoms with van der Waals surface area (Å²) in [5.74, 6) is 0. The van der Waals surface area contributed by atoms with Gasteiger partial charge >= 0.3 is 89.6 Å². The van der Waals surface area contributed by atoms with E-state index in [4.69, 9.17) is 0 Å². The first-order chi connectivity index (χ1) is 6.28. The molecule has 0 unspecified atom stereocenters. The molecule has 0 heterocycles. The predicted octanol–water partition coefficient (Wildman–Crippen LogP) is 4.01. The van der Waals surface area contributed by atoms with Gasteiger partial charge in [0.25, 0.3) is 0 Å². The average molecular weight is 228 g/mol. The molecular weight excluding hydrogens is 210 g/mol. The van der Waals surface area contributed by atoms with Crippen molar-refractivity contribution in [1.29, 1.82) is 0 Å². The van der Waals surface area contributed by atoms with Crippen molar-refractivity contribution in [3.63, 3.8) is 0 Å². The topological polar surface area (TPSA) is 0 Å². The molecule has 0 nitrogen and oxygen atoms in total. The van der Waals surface area contributed by atoms with Crippen molar-refractivity contribution in [3.8, 4) is 0 Å². The fraction of sp³-hybridized carbons (Fsp3) is 0.500. The van der Waals surface area contributed by atoms with Crippen molar-refractivity contribution in [2.45, 2.75) is 39.5 Å². The van der Waals surface area contributed by atoms with Crippen LogP contribution in [0.2, 0.25) is 0 Å². The van der Waals surface area contributed by atoms with Crippen LogP contribution in [0, 0.1) is 0 Å². The van der Waals surface area contributed by atoms with E-state index < -0.39 is 17.1 Å². The Labute approximate surface area is 89.7 Å². The molecular formula is C12H18Zn. The molecule has 0 aromatic heterocycles. The number of rotatable bonds is 6. The van der Waals surface area contributed by atoms with E-state index in [0.717, 1.165) is 0 Å². The standard InChI is InChI=1S/2C6H9.Zn/c2*1-3-5-6-4-2;/h2*1,4,6H2,2H3;. The van der Waals surface area contributed by atoms with Crippen molar-refractivity contribution < 1.29 is 17.1 Å². The summed E-state index contributed by atoms with van der Waals surface area (Å²) in [5, 5.41) is 0. The molecule has 0 saturated carbocycles. The van der Waals surface area contributed by atoms with E-state index in [9.17, 15) is 0 Å². The summed E-state index contributed by atoms with van der Waals surface area (Å²) in [4.78, 5) is 0. The van der Waals surface area contributed by atoms with Gasteiger partial charge in [-0.3, -0.25) is 0 Å². The minimum absolute atomic E-state index is 0.739. The number of hydrogen-bond donors (Lipinski definition) is 0. The monoisotopic (exact) mass is 226 g/mol. The Hall–Kier alpha value is -0.337. The van der Waals surface area contributed by atoms with Gasteiger partial charge in [-0.1, -0.05) is 0 Å². The van der Waals surface area contributed by atoms with Gasteiger partial charge in [0.15, 0.2) is 0 Å². The summed E-state index contributed by atoms with van der Waals surface area (Å²) >= 11 is -0.739. The van der Waals surface area contributed by atoms with Crippen LogP contribution >= 0.6 is 0 Å². The molecule has 0 amide bonds. The van der Waals surface area contributed by atoms with E-state index in [1.54, 1.807) is 0 Å². The first-order valence-corrected chi connectivity index (χ1v) is 8.00. The van der Waals surface area contributed by atoms with Crippen LogP contribution in [0.1, 0.15) is 39.5 Å². The zero-order valence-corrected chi connectivity index (χ0v) is 11.9. The first-order valence-electron chi connectivity index (χ1n) is 5.04. The first kappa shape index (κ1) is 12.7. The van der Waals surface area contributed by atoms with Gasteiger partial charge in [-0.15, -0.1) is 0 Å². The fourth-order valence-electron chi connectivity index (χ4n) is 1.34. The molecule has 0 N–H and O–H groups in total. The third kappa shape index (κ3) is 5.83. The van der Waals surface area contributed by atoms with Gasteiger partial charge in [-0.05, 0) is 0 Å². The van der Waals surface area contributed by atoms with Crippen molar-refractivity contribution in [3.05, 3.63) is 33.0 Å². The van der Waals surface area contributed by atoms with E-state index in [0.29, 0.717) is 0 Å². The maximum absolute atomic E-state index is 3.75. The summed E-state index contributed by atoms with van der Waals surface area (Å²) in [6.45, 7) is 11.9. The molecule has 0 spiro atoms. The predicted molar refractivity (Wildman–Crippen MR) is 55.1 cm³/mol. The van der Waals surface area contributed by atoms with Crippen molar-refractivity contribution in [2.75, 3.05) is 0 Å². The van der Waals surface area contributed by atoms with E-state index >= 15 is 0 Å². The molecule has 0 aliphatic heterocycles. The Morgan fingerprint density at radius 1 is 1.00 bits per heavy atom. The zero-order valence-electron chi connectivity index (χ0n) is 8.95. The molecule has 68 valence electrons. The van der Waals surface area contributed by atoms with Crippen LogP contribution in [0.3, 0.4) is 0 Å². The van der Waals surface area contributed by atoms with Crippen LogP contribution in [0.4, 0.5) is 0 Å². The van der Waals surface area contributed by atoms with E-state index in [2.05, 4.69) is 38.5 Å². The molecule has 0 radical (unpaired) electrons. The van der Waals surface area contributed by atoms with Crippen molar-refractivity contribution in [2.24, 2.45) is 0 Å². The Morgan fingerprint density at radius 3 is 1.62 bits per heavy atom. The van der Waals surface area contributed by atoms with Crippen LogP contribution in [0.5, 0.6) is 0 Å². The molecule has 1 heteroatoms. The second kappa shape index (κ2) is 8.27. The molecule has 13 heavy (non-hydrogen) atoms. The number of allylic oxidation sites excluding steroid dienone is 2. The van der Waals surface area contributed by atoms with Gasteiger partial charge in [-0.2, -0.15) is 0 Å². The van der Waals surface area contributed by atoms with E-state index in [1.165, 1.54) is 34.0 Å². The molecule has 0 rings (SSSR count). The Morgan fingerprint density at radius 2 is 1.38 bits per heavy atom. The average Bonchev–Trinajstić information content (AvgIpc) is 2.16. The van der Waals surface area contributed by atoms with Crippen LogP contribution in [0.15, 0.2) is 33.0 Å². The molecule has 0 bridgehead atoms. The SMILES string of the molecule is C=C=[C](CCC)[Zn][C](=C=C)CCC. The molecule has 0 aliphatic carbocycles. The summed E-state index contributed by atoms with van der Waals surface area (Å²) in [6, 6.07) is 0. The van der Waals surface area contributed by atoms with Crippen LogP contribution in [-0.4, -0.2) is 0 Å². The quantitative estimate of drug-likeness (QED) is 0.475. The van der Waals surface area contributed by atoms with Gasteiger partial charge in [0.2, 0.25) is 0 Å². The molecule has 0 saturated heterocycles. The fourth-order valence-corrected chi connectivity index (χ4v) is 5.17. The van der Waals surface area contributed by atoms with Gasteiger partial charge in [0.05, 0.1) is 0 Å². The number of hydrogen-bond acceptors (Lipinski definition) is 0. The molecule has 0 aliphatic rings. The van der Waals surface area contributed by atoms with Crippen LogP contribution in [0.25, 0.3) is 0 Å². The van der Waals surface area contributed by atoms with Gasteiger partial charge in [0, 0.05) is 0 Å². The summed E-state index contributed by atoms with van der Waals surface area (Å²) < 4.78 is 2.96. The summed E-state index contributed by atoms with van der Waals surface area (Å²) in [5.41, 5.74) is 6.18. The van der Waals surface area contributed by atoms with E-state index in [-0.39, 0.29) is 0 Å². The van der Waals surface area contributed by atoms with Crippen LogP contribution in [-0.2, 0) is 17.1 Å². The van der Waals surface area contributed by atoms with Crippen LogP contribution < -0.4 is 0 Å². The van der Waals surface area contributed by atoms with E-state index in [1.807, 2.05) is 0 Å². The zero-order chi connectivity index (χ0) is 10.1. The maximum atomic E-state index is 3.75. The molecule has 0 fully saturated rings. The normalized spacial score (nSPS) is 8.15. The Kier molecular flexibility index (Phi) is 8.06. The summed E-state index contributed by atoms with van der Waals surface area (Å²) in [6.07, 6.45) is 4.77. The second-order valence-corrected chi connectivity index (χ2v) is 7.56. The molecule has 0 aromatic rings. The second-order valence-electron chi connectivity index (χ2n) is 3.24. The Bertz CT molecular complexity index is 212. The third-order valence-corrected chi connectivity index (χ3v) is 6.35. The third-order valence-electron chi connectivity index (χ3n) is 2.03. The van der Waals surface area contributed by atoms with Gasteiger partial charge < -0.3 is 0 Å². The van der Waals surface area contributed by atoms with Crippen molar-refractivity contribution in [1.82, 2.24) is 0 Å². The van der Waals surface area contributed by atoms with Gasteiger partial charge in [0.1, 0.15) is 0 Å². The Balaban J connectivity index is 4.22. The molecule has 0 atom stereocenters. The molecule has 0 aromatic carbocycles. The summed E-state index contributed by atoms with van der Waals surface area (Å²) in [7, 11) is 0.